The van der Waals surface area contributed by atoms with Gasteiger partial charge in [-0.2, -0.15) is 5.21 Å². The van der Waals surface area contributed by atoms with Crippen LogP contribution in [0.1, 0.15) is 41.0 Å². The van der Waals surface area contributed by atoms with Crippen LogP contribution in [-0.2, 0) is 4.79 Å². The molecule has 0 fully saturated rings. The molecule has 10 nitrogen and oxygen atoms in total. The van der Waals surface area contributed by atoms with Gasteiger partial charge in [0.25, 0.3) is 0 Å². The average Bonchev–Trinajstić information content (AvgIpc) is 3.14. The number of aromatic amines is 1. The van der Waals surface area contributed by atoms with Crippen LogP contribution >= 0.6 is 15.9 Å². The number of ether oxygens (including phenoxy) is 1. The molecule has 1 heterocycles. The van der Waals surface area contributed by atoms with E-state index in [1.807, 2.05) is 13.8 Å². The number of tetrazole rings is 1. The number of nitrogens with zero attached hydrogens (tertiary/aromatic N) is 4. The molecular weight excluding hydrogens is 456 g/mol. The molecule has 1 aromatic heterocycles. The third-order valence-electron chi connectivity index (χ3n) is 4.37. The van der Waals surface area contributed by atoms with Gasteiger partial charge in [-0.3, -0.25) is 9.69 Å². The minimum atomic E-state index is -1.16. The molecule has 0 aliphatic heterocycles. The molecule has 30 heavy (non-hydrogen) atoms. The van der Waals surface area contributed by atoms with Crippen LogP contribution in [0.25, 0.3) is 11.4 Å². The number of aromatic nitrogens is 4. The lowest BCUT2D eigenvalue weighted by Gasteiger charge is -2.39. The van der Waals surface area contributed by atoms with Crippen molar-refractivity contribution < 1.29 is 19.4 Å². The van der Waals surface area contributed by atoms with E-state index < -0.39 is 23.6 Å². The monoisotopic (exact) mass is 482 g/mol. The first-order valence-corrected chi connectivity index (χ1v) is 10.2. The third kappa shape index (κ3) is 5.47. The minimum Gasteiger partial charge on any atom is -0.495 e. The lowest BCUT2D eigenvalue weighted by atomic mass is 9.96. The number of carbonyl (C=O) groups excluding carboxylic acids is 1. The first-order chi connectivity index (χ1) is 14.0. The molecule has 2 rings (SSSR count). The number of halogens is 1. The predicted octanol–water partition coefficient (Wildman–Crippen LogP) is 3.77. The maximum Gasteiger partial charge on any atom is 0.408 e. The molecule has 11 heteroatoms. The molecule has 1 atom stereocenters. The summed E-state index contributed by atoms with van der Waals surface area (Å²) in [7, 11) is 1.51. The van der Waals surface area contributed by atoms with E-state index in [9.17, 15) is 14.7 Å². The summed E-state index contributed by atoms with van der Waals surface area (Å²) < 4.78 is 5.98. The van der Waals surface area contributed by atoms with Crippen LogP contribution in [0.2, 0.25) is 0 Å². The fraction of sp³-hybridized carbons (Fsp3) is 0.526. The van der Waals surface area contributed by atoms with Crippen LogP contribution in [0.15, 0.2) is 16.6 Å². The molecule has 164 valence electrons. The number of amides is 2. The molecule has 0 aliphatic carbocycles. The summed E-state index contributed by atoms with van der Waals surface area (Å²) in [6, 6.07) is 2.44. The van der Waals surface area contributed by atoms with Crippen molar-refractivity contribution in [3.8, 4) is 17.1 Å². The van der Waals surface area contributed by atoms with Crippen LogP contribution in [0.4, 0.5) is 10.5 Å². The molecule has 0 aliphatic rings. The Morgan fingerprint density at radius 1 is 1.33 bits per heavy atom. The quantitative estimate of drug-likeness (QED) is 0.546. The van der Waals surface area contributed by atoms with Crippen molar-refractivity contribution in [3.05, 3.63) is 16.6 Å². The van der Waals surface area contributed by atoms with Gasteiger partial charge >= 0.3 is 6.09 Å². The van der Waals surface area contributed by atoms with E-state index in [1.54, 1.807) is 32.9 Å². The molecular formula is C19H27BrN6O4. The molecule has 0 saturated carbocycles. The zero-order valence-corrected chi connectivity index (χ0v) is 19.4. The fourth-order valence-electron chi connectivity index (χ4n) is 3.15. The average molecular weight is 483 g/mol. The Balaban J connectivity index is 2.50. The number of hydrogen-bond donors (Lipinski definition) is 3. The standard InChI is InChI=1S/C19H27BrN6O4/c1-10(2)7-14(26(18(28)29)19(3,4)5)17(27)21-13-9-15(30-6)12(20)8-11(13)16-22-24-25-23-16/h8-10,14H,7H2,1-6H3,(H,21,27)(H,28,29)(H,22,23,24,25)/t14-/m1/s1. The van der Waals surface area contributed by atoms with Gasteiger partial charge in [-0.15, -0.1) is 10.2 Å². The number of rotatable bonds is 7. The molecule has 3 N–H and O–H groups in total. The highest BCUT2D eigenvalue weighted by Crippen LogP contribution is 2.36. The van der Waals surface area contributed by atoms with Gasteiger partial charge < -0.3 is 15.2 Å². The van der Waals surface area contributed by atoms with Crippen LogP contribution in [0.3, 0.4) is 0 Å². The van der Waals surface area contributed by atoms with Crippen molar-refractivity contribution in [2.24, 2.45) is 5.92 Å². The summed E-state index contributed by atoms with van der Waals surface area (Å²) in [6.07, 6.45) is -0.796. The van der Waals surface area contributed by atoms with Crippen molar-refractivity contribution in [3.63, 3.8) is 0 Å². The van der Waals surface area contributed by atoms with Gasteiger partial charge in [-0.25, -0.2) is 4.79 Å². The van der Waals surface area contributed by atoms with E-state index in [4.69, 9.17) is 4.74 Å². The molecule has 0 spiro atoms. The van der Waals surface area contributed by atoms with E-state index in [0.29, 0.717) is 27.9 Å². The Morgan fingerprint density at radius 2 is 2.00 bits per heavy atom. The maximum atomic E-state index is 13.3. The Morgan fingerprint density at radius 3 is 2.47 bits per heavy atom. The summed E-state index contributed by atoms with van der Waals surface area (Å²) in [4.78, 5) is 26.5. The van der Waals surface area contributed by atoms with Gasteiger partial charge in [-0.1, -0.05) is 13.8 Å². The summed E-state index contributed by atoms with van der Waals surface area (Å²) in [5, 5.41) is 26.6. The normalized spacial score (nSPS) is 12.5. The zero-order valence-electron chi connectivity index (χ0n) is 17.9. The lowest BCUT2D eigenvalue weighted by Crippen LogP contribution is -2.56. The Kier molecular flexibility index (Phi) is 7.40. The summed E-state index contributed by atoms with van der Waals surface area (Å²) in [6.45, 7) is 9.16. The molecule has 0 saturated heterocycles. The van der Waals surface area contributed by atoms with Crippen LogP contribution in [0.5, 0.6) is 5.75 Å². The molecule has 0 unspecified atom stereocenters. The molecule has 2 aromatic rings. The first-order valence-electron chi connectivity index (χ1n) is 9.40. The second-order valence-electron chi connectivity index (χ2n) is 8.23. The van der Waals surface area contributed by atoms with Crippen molar-refractivity contribution in [2.45, 2.75) is 52.6 Å². The number of carboxylic acid groups (broad SMARTS) is 1. The molecule has 0 bridgehead atoms. The summed E-state index contributed by atoms with van der Waals surface area (Å²) >= 11 is 3.41. The van der Waals surface area contributed by atoms with Crippen LogP contribution < -0.4 is 10.1 Å². The van der Waals surface area contributed by atoms with Gasteiger partial charge in [0.1, 0.15) is 11.8 Å². The highest BCUT2D eigenvalue weighted by Gasteiger charge is 2.38. The second kappa shape index (κ2) is 9.41. The highest BCUT2D eigenvalue weighted by molar-refractivity contribution is 9.10. The lowest BCUT2D eigenvalue weighted by molar-refractivity contribution is -0.123. The SMILES string of the molecule is COc1cc(NC(=O)[C@@H](CC(C)C)N(C(=O)O)C(C)(C)C)c(-c2nn[nH]n2)cc1Br. The third-order valence-corrected chi connectivity index (χ3v) is 4.99. The summed E-state index contributed by atoms with van der Waals surface area (Å²) in [5.74, 6) is 0.417. The summed E-state index contributed by atoms with van der Waals surface area (Å²) in [5.41, 5.74) is 0.122. The Hall–Kier alpha value is -2.69. The number of hydrogen-bond acceptors (Lipinski definition) is 6. The first kappa shape index (κ1) is 23.6. The largest absolute Gasteiger partial charge is 0.495 e. The second-order valence-corrected chi connectivity index (χ2v) is 9.08. The molecule has 0 radical (unpaired) electrons. The Bertz CT molecular complexity index is 895. The van der Waals surface area contributed by atoms with Gasteiger partial charge in [0.2, 0.25) is 11.7 Å². The number of methoxy groups -OCH3 is 1. The number of carbonyl (C=O) groups is 2. The number of nitrogens with one attached hydrogen (secondary N) is 2. The van der Waals surface area contributed by atoms with Gasteiger partial charge in [0.05, 0.1) is 17.3 Å². The van der Waals surface area contributed by atoms with Crippen molar-refractivity contribution in [1.29, 1.82) is 0 Å². The topological polar surface area (TPSA) is 133 Å². The molecule has 1 aromatic carbocycles. The van der Waals surface area contributed by atoms with E-state index in [0.717, 1.165) is 0 Å². The van der Waals surface area contributed by atoms with Crippen molar-refractivity contribution in [1.82, 2.24) is 25.5 Å². The van der Waals surface area contributed by atoms with E-state index in [2.05, 4.69) is 41.9 Å². The van der Waals surface area contributed by atoms with Crippen LogP contribution in [-0.4, -0.2) is 61.3 Å². The smallest absolute Gasteiger partial charge is 0.408 e. The van der Waals surface area contributed by atoms with Crippen LogP contribution in [0, 0.1) is 5.92 Å². The highest BCUT2D eigenvalue weighted by atomic mass is 79.9. The van der Waals surface area contributed by atoms with Crippen molar-refractivity contribution >= 4 is 33.6 Å². The number of H-pyrrole nitrogens is 1. The van der Waals surface area contributed by atoms with E-state index in [1.165, 1.54) is 12.0 Å². The van der Waals surface area contributed by atoms with E-state index in [-0.39, 0.29) is 11.7 Å². The zero-order chi connectivity index (χ0) is 22.6. The molecule has 2 amide bonds. The number of benzene rings is 1. The maximum absolute atomic E-state index is 13.3. The van der Waals surface area contributed by atoms with Gasteiger partial charge in [0, 0.05) is 17.2 Å². The Labute approximate surface area is 183 Å². The predicted molar refractivity (Wildman–Crippen MR) is 115 cm³/mol. The number of anilines is 1. The van der Waals surface area contributed by atoms with Gasteiger partial charge in [-0.05, 0) is 60.3 Å². The van der Waals surface area contributed by atoms with Crippen molar-refractivity contribution in [2.75, 3.05) is 12.4 Å². The minimum absolute atomic E-state index is 0.0982. The fourth-order valence-corrected chi connectivity index (χ4v) is 3.66. The van der Waals surface area contributed by atoms with Gasteiger partial charge in [0.15, 0.2) is 0 Å². The van der Waals surface area contributed by atoms with E-state index >= 15 is 0 Å².